The van der Waals surface area contributed by atoms with E-state index in [-0.39, 0.29) is 17.9 Å². The molecule has 1 amide bonds. The zero-order valence-electron chi connectivity index (χ0n) is 13.7. The molecule has 2 rings (SSSR count). The number of ether oxygens (including phenoxy) is 1. The van der Waals surface area contributed by atoms with Crippen LogP contribution in [0, 0.1) is 5.92 Å². The molecule has 1 aliphatic rings. The van der Waals surface area contributed by atoms with Crippen molar-refractivity contribution < 1.29 is 9.53 Å². The Morgan fingerprint density at radius 2 is 2.14 bits per heavy atom. The van der Waals surface area contributed by atoms with Gasteiger partial charge in [0.25, 0.3) is 5.91 Å². The van der Waals surface area contributed by atoms with E-state index in [4.69, 9.17) is 4.74 Å². The first-order valence-electron chi connectivity index (χ1n) is 7.87. The molecule has 0 aromatic heterocycles. The summed E-state index contributed by atoms with van der Waals surface area (Å²) in [5, 5.41) is 0. The molecule has 3 nitrogen and oxygen atoms in total. The number of hydrogen-bond donors (Lipinski definition) is 0. The summed E-state index contributed by atoms with van der Waals surface area (Å²) in [6, 6.07) is 8.04. The summed E-state index contributed by atoms with van der Waals surface area (Å²) < 4.78 is 5.70. The van der Waals surface area contributed by atoms with Crippen molar-refractivity contribution in [1.82, 2.24) is 4.90 Å². The predicted octanol–water partition coefficient (Wildman–Crippen LogP) is 3.62. The number of amides is 1. The lowest BCUT2D eigenvalue weighted by Crippen LogP contribution is -2.41. The molecule has 0 spiro atoms. The lowest BCUT2D eigenvalue weighted by Gasteiger charge is -2.30. The summed E-state index contributed by atoms with van der Waals surface area (Å²) in [7, 11) is 0. The Morgan fingerprint density at radius 3 is 2.81 bits per heavy atom. The van der Waals surface area contributed by atoms with Crippen molar-refractivity contribution >= 4 is 5.91 Å². The van der Waals surface area contributed by atoms with Gasteiger partial charge in [0, 0.05) is 13.1 Å². The van der Waals surface area contributed by atoms with Crippen LogP contribution in [0.4, 0.5) is 0 Å². The van der Waals surface area contributed by atoms with Crippen LogP contribution in [0.1, 0.15) is 46.1 Å². The molecule has 1 fully saturated rings. The van der Waals surface area contributed by atoms with Crippen LogP contribution in [0.15, 0.2) is 24.3 Å². The maximum atomic E-state index is 12.2. The second kappa shape index (κ2) is 6.50. The number of carbonyl (C=O) groups is 1. The molecule has 0 radical (unpaired) electrons. The largest absolute Gasteiger partial charge is 0.484 e. The maximum absolute atomic E-state index is 12.2. The second-order valence-corrected chi connectivity index (χ2v) is 7.15. The fourth-order valence-electron chi connectivity index (χ4n) is 2.70. The fourth-order valence-corrected chi connectivity index (χ4v) is 2.70. The summed E-state index contributed by atoms with van der Waals surface area (Å²) in [5.41, 5.74) is 1.31. The van der Waals surface area contributed by atoms with Crippen LogP contribution in [0.5, 0.6) is 5.75 Å². The van der Waals surface area contributed by atoms with E-state index in [1.54, 1.807) is 0 Å². The van der Waals surface area contributed by atoms with E-state index in [1.165, 1.54) is 12.0 Å². The van der Waals surface area contributed by atoms with Crippen LogP contribution in [0.25, 0.3) is 0 Å². The zero-order chi connectivity index (χ0) is 15.5. The second-order valence-electron chi connectivity index (χ2n) is 7.15. The first kappa shape index (κ1) is 15.9. The Kier molecular flexibility index (Phi) is 4.92. The Labute approximate surface area is 128 Å². The Bertz CT molecular complexity index is 490. The number of piperidine rings is 1. The van der Waals surface area contributed by atoms with Crippen molar-refractivity contribution in [3.05, 3.63) is 29.8 Å². The van der Waals surface area contributed by atoms with Crippen LogP contribution in [0.3, 0.4) is 0 Å². The molecule has 1 aromatic carbocycles. The van der Waals surface area contributed by atoms with Gasteiger partial charge in [0.15, 0.2) is 6.61 Å². The Hall–Kier alpha value is -1.51. The first-order valence-corrected chi connectivity index (χ1v) is 7.87. The summed E-state index contributed by atoms with van der Waals surface area (Å²) in [6.07, 6.45) is 2.32. The normalized spacial score (nSPS) is 19.4. The van der Waals surface area contributed by atoms with E-state index in [0.717, 1.165) is 25.3 Å². The molecule has 0 N–H and O–H groups in total. The molecule has 1 aromatic rings. The number of likely N-dealkylation sites (tertiary alicyclic amines) is 1. The van der Waals surface area contributed by atoms with Gasteiger partial charge < -0.3 is 9.64 Å². The molecular weight excluding hydrogens is 262 g/mol. The van der Waals surface area contributed by atoms with Crippen molar-refractivity contribution in [2.45, 2.75) is 46.0 Å². The van der Waals surface area contributed by atoms with Crippen molar-refractivity contribution in [3.63, 3.8) is 0 Å². The highest BCUT2D eigenvalue weighted by Crippen LogP contribution is 2.25. The van der Waals surface area contributed by atoms with E-state index in [1.807, 2.05) is 23.1 Å². The van der Waals surface area contributed by atoms with E-state index >= 15 is 0 Å². The third-order valence-electron chi connectivity index (χ3n) is 4.07. The van der Waals surface area contributed by atoms with Gasteiger partial charge in [-0.1, -0.05) is 39.8 Å². The molecule has 1 saturated heterocycles. The van der Waals surface area contributed by atoms with Gasteiger partial charge in [-0.3, -0.25) is 4.79 Å². The zero-order valence-corrected chi connectivity index (χ0v) is 13.7. The van der Waals surface area contributed by atoms with Gasteiger partial charge in [0.1, 0.15) is 5.75 Å². The highest BCUT2D eigenvalue weighted by atomic mass is 16.5. The smallest absolute Gasteiger partial charge is 0.260 e. The van der Waals surface area contributed by atoms with Gasteiger partial charge in [-0.15, -0.1) is 0 Å². The van der Waals surface area contributed by atoms with Crippen molar-refractivity contribution in [2.24, 2.45) is 5.92 Å². The predicted molar refractivity (Wildman–Crippen MR) is 85.6 cm³/mol. The summed E-state index contributed by atoms with van der Waals surface area (Å²) >= 11 is 0. The van der Waals surface area contributed by atoms with Gasteiger partial charge >= 0.3 is 0 Å². The van der Waals surface area contributed by atoms with Gasteiger partial charge in [-0.05, 0) is 41.9 Å². The lowest BCUT2D eigenvalue weighted by molar-refractivity contribution is -0.135. The maximum Gasteiger partial charge on any atom is 0.260 e. The molecule has 21 heavy (non-hydrogen) atoms. The molecule has 116 valence electrons. The number of nitrogens with zero attached hydrogens (tertiary/aromatic N) is 1. The topological polar surface area (TPSA) is 29.5 Å². The quantitative estimate of drug-likeness (QED) is 0.850. The third kappa shape index (κ3) is 4.48. The number of rotatable bonds is 3. The van der Waals surface area contributed by atoms with E-state index in [2.05, 4.69) is 33.8 Å². The van der Waals surface area contributed by atoms with Crippen LogP contribution < -0.4 is 4.74 Å². The summed E-state index contributed by atoms with van der Waals surface area (Å²) in [5.74, 6) is 1.48. The molecule has 3 heteroatoms. The average molecular weight is 289 g/mol. The van der Waals surface area contributed by atoms with Gasteiger partial charge in [-0.2, -0.15) is 0 Å². The van der Waals surface area contributed by atoms with Crippen LogP contribution in [0.2, 0.25) is 0 Å². The van der Waals surface area contributed by atoms with Crippen molar-refractivity contribution in [2.75, 3.05) is 19.7 Å². The van der Waals surface area contributed by atoms with Crippen LogP contribution in [-0.2, 0) is 10.2 Å². The van der Waals surface area contributed by atoms with Crippen LogP contribution in [-0.4, -0.2) is 30.5 Å². The van der Waals surface area contributed by atoms with E-state index < -0.39 is 0 Å². The molecule has 0 saturated carbocycles. The van der Waals surface area contributed by atoms with Crippen molar-refractivity contribution in [3.8, 4) is 5.75 Å². The molecule has 0 bridgehead atoms. The molecule has 1 atom stereocenters. The number of hydrogen-bond acceptors (Lipinski definition) is 2. The molecular formula is C18H27NO2. The lowest BCUT2D eigenvalue weighted by atomic mass is 9.87. The Balaban J connectivity index is 1.92. The standard InChI is InChI=1S/C18H27NO2/c1-14-7-6-10-19(12-14)17(20)13-21-16-9-5-8-15(11-16)18(2,3)4/h5,8-9,11,14H,6-7,10,12-13H2,1-4H3. The van der Waals surface area contributed by atoms with Crippen LogP contribution >= 0.6 is 0 Å². The van der Waals surface area contributed by atoms with E-state index in [9.17, 15) is 4.79 Å². The highest BCUT2D eigenvalue weighted by Gasteiger charge is 2.21. The first-order chi connectivity index (χ1) is 9.86. The molecule has 1 unspecified atom stereocenters. The SMILES string of the molecule is CC1CCCN(C(=O)COc2cccc(C(C)(C)C)c2)C1. The monoisotopic (exact) mass is 289 g/mol. The fraction of sp³-hybridized carbons (Fsp3) is 0.611. The minimum atomic E-state index is 0.0890. The Morgan fingerprint density at radius 1 is 1.38 bits per heavy atom. The minimum absolute atomic E-state index is 0.0890. The summed E-state index contributed by atoms with van der Waals surface area (Å²) in [4.78, 5) is 14.1. The molecule has 1 heterocycles. The van der Waals surface area contributed by atoms with Gasteiger partial charge in [0.2, 0.25) is 0 Å². The van der Waals surface area contributed by atoms with Gasteiger partial charge in [0.05, 0.1) is 0 Å². The van der Waals surface area contributed by atoms with Crippen molar-refractivity contribution in [1.29, 1.82) is 0 Å². The minimum Gasteiger partial charge on any atom is -0.484 e. The third-order valence-corrected chi connectivity index (χ3v) is 4.07. The molecule has 0 aliphatic carbocycles. The highest BCUT2D eigenvalue weighted by molar-refractivity contribution is 5.77. The summed E-state index contributed by atoms with van der Waals surface area (Å²) in [6.45, 7) is 10.6. The number of benzene rings is 1. The van der Waals surface area contributed by atoms with E-state index in [0.29, 0.717) is 5.92 Å². The average Bonchev–Trinajstić information content (AvgIpc) is 2.44. The van der Waals surface area contributed by atoms with Gasteiger partial charge in [-0.25, -0.2) is 0 Å². The number of carbonyl (C=O) groups excluding carboxylic acids is 1. The molecule has 1 aliphatic heterocycles.